The van der Waals surface area contributed by atoms with Crippen molar-refractivity contribution in [2.75, 3.05) is 6.54 Å². The van der Waals surface area contributed by atoms with Crippen LogP contribution in [0.5, 0.6) is 0 Å². The van der Waals surface area contributed by atoms with Crippen LogP contribution >= 0.6 is 34.8 Å². The predicted molar refractivity (Wildman–Crippen MR) is 60.1 cm³/mol. The monoisotopic (exact) mass is 257 g/mol. The normalized spacial score (nSPS) is 29.8. The summed E-state index contributed by atoms with van der Waals surface area (Å²) in [6.07, 6.45) is 1.73. The van der Waals surface area contributed by atoms with Gasteiger partial charge in [-0.05, 0) is 13.3 Å². The largest absolute Gasteiger partial charge is 0.353 e. The first-order chi connectivity index (χ1) is 6.32. The van der Waals surface area contributed by atoms with E-state index in [-0.39, 0.29) is 11.8 Å². The zero-order chi connectivity index (χ0) is 11.0. The summed E-state index contributed by atoms with van der Waals surface area (Å²) in [7, 11) is 0. The Morgan fingerprint density at radius 1 is 1.64 bits per heavy atom. The van der Waals surface area contributed by atoms with Crippen LogP contribution in [0.2, 0.25) is 0 Å². The molecule has 2 unspecified atom stereocenters. The van der Waals surface area contributed by atoms with E-state index in [1.165, 1.54) is 0 Å². The first-order valence-corrected chi connectivity index (χ1v) is 5.80. The van der Waals surface area contributed by atoms with Crippen molar-refractivity contribution in [1.82, 2.24) is 5.32 Å². The summed E-state index contributed by atoms with van der Waals surface area (Å²) in [5.74, 6) is -0.582. The van der Waals surface area contributed by atoms with Gasteiger partial charge in [0.2, 0.25) is 4.33 Å². The summed E-state index contributed by atoms with van der Waals surface area (Å²) in [5, 5.41) is 2.64. The summed E-state index contributed by atoms with van der Waals surface area (Å²) in [4.78, 5) is 10.8. The van der Waals surface area contributed by atoms with E-state index in [1.807, 2.05) is 13.8 Å². The fraction of sp³-hybridized carbons (Fsp3) is 0.889. The van der Waals surface area contributed by atoms with E-state index in [0.717, 1.165) is 12.8 Å². The molecule has 0 saturated carbocycles. The van der Waals surface area contributed by atoms with Gasteiger partial charge >= 0.3 is 0 Å². The first-order valence-electron chi connectivity index (χ1n) is 4.67. The molecule has 0 aromatic rings. The van der Waals surface area contributed by atoms with Gasteiger partial charge in [-0.3, -0.25) is 4.79 Å². The number of carbonyl (C=O) groups excluding carboxylic acids is 1. The Labute approximate surface area is 99.3 Å². The molecule has 14 heavy (non-hydrogen) atoms. The van der Waals surface area contributed by atoms with E-state index in [4.69, 9.17) is 34.8 Å². The van der Waals surface area contributed by atoms with Gasteiger partial charge < -0.3 is 5.32 Å². The third kappa shape index (κ3) is 2.12. The molecule has 1 amide bonds. The van der Waals surface area contributed by atoms with Crippen molar-refractivity contribution in [3.05, 3.63) is 0 Å². The number of alkyl halides is 3. The van der Waals surface area contributed by atoms with Gasteiger partial charge in [-0.25, -0.2) is 0 Å². The molecule has 1 N–H and O–H groups in total. The van der Waals surface area contributed by atoms with Gasteiger partial charge in [-0.1, -0.05) is 36.5 Å². The minimum absolute atomic E-state index is 0.243. The Hall–Kier alpha value is 0.340. The molecule has 0 aromatic heterocycles. The molecule has 82 valence electrons. The summed E-state index contributed by atoms with van der Waals surface area (Å²) < 4.78 is -1.38. The number of halogens is 3. The minimum atomic E-state index is -1.38. The maximum atomic E-state index is 11.3. The van der Waals surface area contributed by atoms with Gasteiger partial charge in [-0.15, -0.1) is 11.6 Å². The lowest BCUT2D eigenvalue weighted by Crippen LogP contribution is -2.41. The Bertz CT molecular complexity index is 240. The molecule has 1 aliphatic rings. The maximum Gasteiger partial charge on any atom is 0.256 e. The SMILES string of the molecule is CCCC(C)(Cl)C1CNC(=O)C1(Cl)Cl. The molecule has 0 radical (unpaired) electrons. The second kappa shape index (κ2) is 4.07. The van der Waals surface area contributed by atoms with Gasteiger partial charge in [-0.2, -0.15) is 0 Å². The molecule has 1 rings (SSSR count). The highest BCUT2D eigenvalue weighted by atomic mass is 35.5. The molecule has 1 heterocycles. The van der Waals surface area contributed by atoms with Gasteiger partial charge in [0.25, 0.3) is 5.91 Å². The standard InChI is InChI=1S/C9H14Cl3NO/c1-3-4-8(2,10)6-5-13-7(14)9(6,11)12/h6H,3-5H2,1-2H3,(H,13,14). The van der Waals surface area contributed by atoms with Crippen molar-refractivity contribution in [1.29, 1.82) is 0 Å². The molecule has 1 saturated heterocycles. The molecule has 1 aliphatic heterocycles. The van der Waals surface area contributed by atoms with Crippen molar-refractivity contribution in [2.24, 2.45) is 5.92 Å². The molecule has 0 aliphatic carbocycles. The average molecular weight is 259 g/mol. The number of hydrogen-bond acceptors (Lipinski definition) is 1. The third-order valence-electron chi connectivity index (χ3n) is 2.67. The number of amides is 1. The lowest BCUT2D eigenvalue weighted by Gasteiger charge is -2.32. The van der Waals surface area contributed by atoms with Crippen molar-refractivity contribution >= 4 is 40.7 Å². The Balaban J connectivity index is 2.83. The van der Waals surface area contributed by atoms with E-state index < -0.39 is 9.21 Å². The topological polar surface area (TPSA) is 29.1 Å². The van der Waals surface area contributed by atoms with E-state index in [1.54, 1.807) is 0 Å². The summed E-state index contributed by atoms with van der Waals surface area (Å²) >= 11 is 18.3. The quantitative estimate of drug-likeness (QED) is 0.775. The van der Waals surface area contributed by atoms with Crippen LogP contribution in [0, 0.1) is 5.92 Å². The highest BCUT2D eigenvalue weighted by Gasteiger charge is 2.54. The minimum Gasteiger partial charge on any atom is -0.353 e. The van der Waals surface area contributed by atoms with Crippen LogP contribution in [0.15, 0.2) is 0 Å². The number of hydrogen-bond donors (Lipinski definition) is 1. The molecular weight excluding hydrogens is 244 g/mol. The zero-order valence-corrected chi connectivity index (χ0v) is 10.5. The number of rotatable bonds is 3. The van der Waals surface area contributed by atoms with E-state index in [9.17, 15) is 4.79 Å². The van der Waals surface area contributed by atoms with Crippen LogP contribution in [0.3, 0.4) is 0 Å². The predicted octanol–water partition coefficient (Wildman–Crippen LogP) is 2.70. The molecule has 0 spiro atoms. The maximum absolute atomic E-state index is 11.3. The lowest BCUT2D eigenvalue weighted by molar-refractivity contribution is -0.120. The van der Waals surface area contributed by atoms with Crippen molar-refractivity contribution in [3.8, 4) is 0 Å². The molecule has 5 heteroatoms. The molecule has 0 bridgehead atoms. The van der Waals surface area contributed by atoms with Crippen LogP contribution in [0.25, 0.3) is 0 Å². The van der Waals surface area contributed by atoms with Crippen LogP contribution in [0.4, 0.5) is 0 Å². The second-order valence-corrected chi connectivity index (χ2v) is 6.16. The molecule has 1 fully saturated rings. The van der Waals surface area contributed by atoms with Gasteiger partial charge in [0, 0.05) is 17.3 Å². The molecule has 0 aromatic carbocycles. The second-order valence-electron chi connectivity index (χ2n) is 3.91. The van der Waals surface area contributed by atoms with Crippen LogP contribution < -0.4 is 5.32 Å². The number of carbonyl (C=O) groups is 1. The van der Waals surface area contributed by atoms with Crippen molar-refractivity contribution in [3.63, 3.8) is 0 Å². The van der Waals surface area contributed by atoms with Crippen molar-refractivity contribution in [2.45, 2.75) is 35.9 Å². The van der Waals surface area contributed by atoms with Crippen LogP contribution in [0.1, 0.15) is 26.7 Å². The van der Waals surface area contributed by atoms with E-state index in [0.29, 0.717) is 6.54 Å². The Kier molecular flexibility index (Phi) is 3.61. The van der Waals surface area contributed by atoms with Gasteiger partial charge in [0.1, 0.15) is 0 Å². The third-order valence-corrected chi connectivity index (χ3v) is 4.00. The number of nitrogens with one attached hydrogen (secondary N) is 1. The van der Waals surface area contributed by atoms with Gasteiger partial charge in [0.05, 0.1) is 0 Å². The smallest absolute Gasteiger partial charge is 0.256 e. The summed E-state index contributed by atoms with van der Waals surface area (Å²) in [5.41, 5.74) is 0. The fourth-order valence-electron chi connectivity index (χ4n) is 1.85. The Morgan fingerprint density at radius 3 is 2.57 bits per heavy atom. The molecule has 2 atom stereocenters. The van der Waals surface area contributed by atoms with Gasteiger partial charge in [0.15, 0.2) is 0 Å². The summed E-state index contributed by atoms with van der Waals surface area (Å²) in [6, 6.07) is 0. The Morgan fingerprint density at radius 2 is 2.21 bits per heavy atom. The van der Waals surface area contributed by atoms with E-state index in [2.05, 4.69) is 5.32 Å². The highest BCUT2D eigenvalue weighted by Crippen LogP contribution is 2.45. The zero-order valence-electron chi connectivity index (χ0n) is 8.24. The fourth-order valence-corrected chi connectivity index (χ4v) is 3.16. The lowest BCUT2D eigenvalue weighted by atomic mass is 9.88. The molecular formula is C9H14Cl3NO. The van der Waals surface area contributed by atoms with Crippen LogP contribution in [-0.4, -0.2) is 21.7 Å². The van der Waals surface area contributed by atoms with Crippen molar-refractivity contribution < 1.29 is 4.79 Å². The molecule has 2 nitrogen and oxygen atoms in total. The summed E-state index contributed by atoms with van der Waals surface area (Å²) in [6.45, 7) is 4.36. The van der Waals surface area contributed by atoms with E-state index >= 15 is 0 Å². The van der Waals surface area contributed by atoms with Crippen LogP contribution in [-0.2, 0) is 4.79 Å². The first kappa shape index (κ1) is 12.4. The average Bonchev–Trinajstić information content (AvgIpc) is 2.27. The highest BCUT2D eigenvalue weighted by molar-refractivity contribution is 6.59.